The van der Waals surface area contributed by atoms with Crippen molar-refractivity contribution < 1.29 is 19.1 Å². The lowest BCUT2D eigenvalue weighted by atomic mass is 10.1. The number of nitrogens with zero attached hydrogens (tertiary/aromatic N) is 3. The first-order valence-electron chi connectivity index (χ1n) is 9.00. The van der Waals surface area contributed by atoms with E-state index in [4.69, 9.17) is 16.3 Å². The summed E-state index contributed by atoms with van der Waals surface area (Å²) in [5, 5.41) is 0.568. The Labute approximate surface area is 163 Å². The summed E-state index contributed by atoms with van der Waals surface area (Å²) >= 11 is 6.15. The molecular weight excluding hydrogens is 370 g/mol. The molecule has 3 amide bonds. The molecule has 1 aromatic carbocycles. The Morgan fingerprint density at radius 2 is 1.78 bits per heavy atom. The largest absolute Gasteiger partial charge is 0.495 e. The second kappa shape index (κ2) is 7.76. The van der Waals surface area contributed by atoms with Crippen LogP contribution in [-0.2, 0) is 14.4 Å². The summed E-state index contributed by atoms with van der Waals surface area (Å²) in [5.74, 6) is 0.0214. The minimum absolute atomic E-state index is 0.0227. The summed E-state index contributed by atoms with van der Waals surface area (Å²) in [7, 11) is 1.53. The number of hydrogen-bond acceptors (Lipinski definition) is 4. The molecule has 0 saturated carbocycles. The number of halogens is 1. The maximum absolute atomic E-state index is 12.9. The quantitative estimate of drug-likeness (QED) is 0.783. The second-order valence-electron chi connectivity index (χ2n) is 7.01. The molecule has 2 fully saturated rings. The number of aryl methyl sites for hydroxylation is 1. The Bertz CT molecular complexity index is 774. The van der Waals surface area contributed by atoms with Gasteiger partial charge in [0.1, 0.15) is 5.75 Å². The summed E-state index contributed by atoms with van der Waals surface area (Å²) in [6.07, 6.45) is 0.177. The van der Waals surface area contributed by atoms with Gasteiger partial charge in [-0.3, -0.25) is 14.4 Å². The molecule has 8 heteroatoms. The number of piperazine rings is 1. The second-order valence-corrected chi connectivity index (χ2v) is 7.42. The molecule has 2 heterocycles. The molecule has 7 nitrogen and oxygen atoms in total. The average Bonchev–Trinajstić information content (AvgIpc) is 3.04. The van der Waals surface area contributed by atoms with Crippen molar-refractivity contribution in [3.8, 4) is 5.75 Å². The summed E-state index contributed by atoms with van der Waals surface area (Å²) in [6, 6.07) is 3.51. The van der Waals surface area contributed by atoms with E-state index in [0.717, 1.165) is 5.56 Å². The highest BCUT2D eigenvalue weighted by Crippen LogP contribution is 2.37. The molecule has 0 aliphatic carbocycles. The number of rotatable bonds is 3. The third-order valence-electron chi connectivity index (χ3n) is 5.26. The van der Waals surface area contributed by atoms with Crippen LogP contribution in [0.4, 0.5) is 5.69 Å². The topological polar surface area (TPSA) is 70.2 Å². The minimum Gasteiger partial charge on any atom is -0.495 e. The zero-order valence-corrected chi connectivity index (χ0v) is 16.6. The fourth-order valence-electron chi connectivity index (χ4n) is 3.63. The van der Waals surface area contributed by atoms with E-state index in [0.29, 0.717) is 49.2 Å². The van der Waals surface area contributed by atoms with Crippen LogP contribution in [-0.4, -0.2) is 67.4 Å². The normalized spacial score (nSPS) is 20.2. The molecule has 2 aliphatic heterocycles. The lowest BCUT2D eigenvalue weighted by molar-refractivity contribution is -0.141. The first-order valence-corrected chi connectivity index (χ1v) is 9.38. The third kappa shape index (κ3) is 3.88. The first-order chi connectivity index (χ1) is 12.8. The molecule has 0 bridgehead atoms. The van der Waals surface area contributed by atoms with Crippen LogP contribution in [0.15, 0.2) is 12.1 Å². The van der Waals surface area contributed by atoms with Gasteiger partial charge in [-0.15, -0.1) is 0 Å². The number of amides is 3. The standard InChI is InChI=1S/C19H24ClN3O4/c1-12-8-16(17(27-3)10-15(12)20)23-11-14(9-18(23)25)19(26)22-6-4-21(5-7-22)13(2)24/h8,10,14H,4-7,9,11H2,1-3H3. The Kier molecular flexibility index (Phi) is 5.60. The van der Waals surface area contributed by atoms with Crippen molar-refractivity contribution >= 4 is 35.0 Å². The molecule has 3 rings (SSSR count). The Hall–Kier alpha value is -2.28. The predicted molar refractivity (Wildman–Crippen MR) is 102 cm³/mol. The molecule has 2 saturated heterocycles. The molecule has 1 unspecified atom stereocenters. The predicted octanol–water partition coefficient (Wildman–Crippen LogP) is 1.70. The molecule has 2 aliphatic rings. The highest BCUT2D eigenvalue weighted by molar-refractivity contribution is 6.31. The van der Waals surface area contributed by atoms with Crippen molar-refractivity contribution in [2.75, 3.05) is 44.7 Å². The zero-order chi connectivity index (χ0) is 19.7. The highest BCUT2D eigenvalue weighted by atomic mass is 35.5. The lowest BCUT2D eigenvalue weighted by Gasteiger charge is -2.35. The Balaban J connectivity index is 1.72. The molecule has 27 heavy (non-hydrogen) atoms. The van der Waals surface area contributed by atoms with Gasteiger partial charge in [0.2, 0.25) is 17.7 Å². The van der Waals surface area contributed by atoms with E-state index in [2.05, 4.69) is 0 Å². The van der Waals surface area contributed by atoms with Crippen LogP contribution >= 0.6 is 11.6 Å². The van der Waals surface area contributed by atoms with Crippen molar-refractivity contribution in [1.29, 1.82) is 0 Å². The highest BCUT2D eigenvalue weighted by Gasteiger charge is 2.39. The summed E-state index contributed by atoms with van der Waals surface area (Å²) < 4.78 is 5.38. The van der Waals surface area contributed by atoms with Crippen molar-refractivity contribution in [3.05, 3.63) is 22.7 Å². The fraction of sp³-hybridized carbons (Fsp3) is 0.526. The van der Waals surface area contributed by atoms with Crippen LogP contribution < -0.4 is 9.64 Å². The van der Waals surface area contributed by atoms with Gasteiger partial charge in [0.15, 0.2) is 0 Å². The van der Waals surface area contributed by atoms with E-state index >= 15 is 0 Å². The van der Waals surface area contributed by atoms with Crippen molar-refractivity contribution in [1.82, 2.24) is 9.80 Å². The van der Waals surface area contributed by atoms with Crippen LogP contribution in [0.2, 0.25) is 5.02 Å². The van der Waals surface area contributed by atoms with Gasteiger partial charge in [-0.2, -0.15) is 0 Å². The van der Waals surface area contributed by atoms with Crippen LogP contribution in [0.1, 0.15) is 18.9 Å². The molecular formula is C19H24ClN3O4. The number of anilines is 1. The van der Waals surface area contributed by atoms with Gasteiger partial charge in [0, 0.05) is 57.2 Å². The zero-order valence-electron chi connectivity index (χ0n) is 15.8. The lowest BCUT2D eigenvalue weighted by Crippen LogP contribution is -2.51. The smallest absolute Gasteiger partial charge is 0.228 e. The maximum atomic E-state index is 12.9. The average molecular weight is 394 g/mol. The number of carbonyl (C=O) groups excluding carboxylic acids is 3. The minimum atomic E-state index is -0.387. The van der Waals surface area contributed by atoms with E-state index < -0.39 is 0 Å². The van der Waals surface area contributed by atoms with Gasteiger partial charge in [0.05, 0.1) is 18.7 Å². The monoisotopic (exact) mass is 393 g/mol. The molecule has 0 aromatic heterocycles. The fourth-order valence-corrected chi connectivity index (χ4v) is 3.78. The molecule has 146 valence electrons. The number of carbonyl (C=O) groups is 3. The number of methoxy groups -OCH3 is 1. The van der Waals surface area contributed by atoms with E-state index in [-0.39, 0.29) is 30.1 Å². The van der Waals surface area contributed by atoms with Gasteiger partial charge in [0.25, 0.3) is 0 Å². The van der Waals surface area contributed by atoms with E-state index in [9.17, 15) is 14.4 Å². The molecule has 1 aromatic rings. The number of ether oxygens (including phenoxy) is 1. The maximum Gasteiger partial charge on any atom is 0.228 e. The van der Waals surface area contributed by atoms with Gasteiger partial charge in [-0.25, -0.2) is 0 Å². The Morgan fingerprint density at radius 3 is 2.37 bits per heavy atom. The summed E-state index contributed by atoms with van der Waals surface area (Å²) in [4.78, 5) is 42.0. The van der Waals surface area contributed by atoms with Crippen LogP contribution in [0.5, 0.6) is 5.75 Å². The van der Waals surface area contributed by atoms with Crippen LogP contribution in [0, 0.1) is 12.8 Å². The van der Waals surface area contributed by atoms with Crippen molar-refractivity contribution in [3.63, 3.8) is 0 Å². The van der Waals surface area contributed by atoms with Gasteiger partial charge in [-0.1, -0.05) is 11.6 Å². The summed E-state index contributed by atoms with van der Waals surface area (Å²) in [5.41, 5.74) is 1.48. The molecule has 0 spiro atoms. The van der Waals surface area contributed by atoms with Gasteiger partial charge < -0.3 is 19.4 Å². The number of benzene rings is 1. The van der Waals surface area contributed by atoms with Gasteiger partial charge in [-0.05, 0) is 18.6 Å². The van der Waals surface area contributed by atoms with Crippen LogP contribution in [0.25, 0.3) is 0 Å². The molecule has 0 radical (unpaired) electrons. The van der Waals surface area contributed by atoms with Crippen molar-refractivity contribution in [2.45, 2.75) is 20.3 Å². The van der Waals surface area contributed by atoms with E-state index in [1.165, 1.54) is 14.0 Å². The number of hydrogen-bond donors (Lipinski definition) is 0. The van der Waals surface area contributed by atoms with Crippen LogP contribution in [0.3, 0.4) is 0 Å². The van der Waals surface area contributed by atoms with E-state index in [1.807, 2.05) is 13.0 Å². The molecule has 1 atom stereocenters. The Morgan fingerprint density at radius 1 is 1.15 bits per heavy atom. The SMILES string of the molecule is COc1cc(Cl)c(C)cc1N1CC(C(=O)N2CCN(C(C)=O)CC2)CC1=O. The van der Waals surface area contributed by atoms with Crippen molar-refractivity contribution in [2.24, 2.45) is 5.92 Å². The first kappa shape index (κ1) is 19.5. The molecule has 0 N–H and O–H groups in total. The van der Waals surface area contributed by atoms with E-state index in [1.54, 1.807) is 20.8 Å². The van der Waals surface area contributed by atoms with Gasteiger partial charge >= 0.3 is 0 Å². The third-order valence-corrected chi connectivity index (χ3v) is 5.67. The summed E-state index contributed by atoms with van der Waals surface area (Å²) in [6.45, 7) is 5.81.